The summed E-state index contributed by atoms with van der Waals surface area (Å²) in [6, 6.07) is 15.7. The first-order valence-corrected chi connectivity index (χ1v) is 6.14. The molecule has 0 heterocycles. The minimum absolute atomic E-state index is 0.648. The van der Waals surface area contributed by atoms with Gasteiger partial charge in [-0.15, -0.1) is 0 Å². The molecule has 2 rings (SSSR count). The van der Waals surface area contributed by atoms with Crippen LogP contribution in [0, 0.1) is 0 Å². The highest BCUT2D eigenvalue weighted by Gasteiger charge is 2.05. The molecule has 0 saturated heterocycles. The van der Waals surface area contributed by atoms with Crippen LogP contribution in [0.5, 0.6) is 5.75 Å². The van der Waals surface area contributed by atoms with Crippen molar-refractivity contribution in [2.45, 2.75) is 13.3 Å². The number of ether oxygens (including phenoxy) is 1. The summed E-state index contributed by atoms with van der Waals surface area (Å²) in [7, 11) is 0. The molecule has 0 bridgehead atoms. The summed E-state index contributed by atoms with van der Waals surface area (Å²) < 4.78 is 5.60. The summed E-state index contributed by atoms with van der Waals surface area (Å²) in [5, 5.41) is 3.28. The molecular formula is C15H18N2O. The molecule has 0 saturated carbocycles. The smallest absolute Gasteiger partial charge is 0.144 e. The number of nitrogen functional groups attached to an aromatic ring is 1. The van der Waals surface area contributed by atoms with Crippen LogP contribution in [0.15, 0.2) is 48.5 Å². The van der Waals surface area contributed by atoms with Crippen LogP contribution in [-0.2, 0) is 0 Å². The topological polar surface area (TPSA) is 47.3 Å². The molecule has 3 nitrogen and oxygen atoms in total. The van der Waals surface area contributed by atoms with E-state index in [0.717, 1.165) is 23.5 Å². The average molecular weight is 242 g/mol. The molecule has 2 aromatic carbocycles. The van der Waals surface area contributed by atoms with Gasteiger partial charge < -0.3 is 15.8 Å². The number of anilines is 3. The number of benzene rings is 2. The van der Waals surface area contributed by atoms with Gasteiger partial charge in [-0.2, -0.15) is 0 Å². The van der Waals surface area contributed by atoms with E-state index in [9.17, 15) is 0 Å². The van der Waals surface area contributed by atoms with Crippen LogP contribution in [-0.4, -0.2) is 6.61 Å². The van der Waals surface area contributed by atoms with Gasteiger partial charge in [-0.05, 0) is 30.7 Å². The summed E-state index contributed by atoms with van der Waals surface area (Å²) in [5.74, 6) is 0.734. The molecule has 94 valence electrons. The molecule has 0 aliphatic rings. The lowest BCUT2D eigenvalue weighted by atomic mass is 10.2. The quantitative estimate of drug-likeness (QED) is 0.784. The van der Waals surface area contributed by atoms with E-state index >= 15 is 0 Å². The van der Waals surface area contributed by atoms with Gasteiger partial charge in [-0.3, -0.25) is 0 Å². The van der Waals surface area contributed by atoms with E-state index in [0.29, 0.717) is 12.3 Å². The fourth-order valence-corrected chi connectivity index (χ4v) is 1.67. The van der Waals surface area contributed by atoms with Gasteiger partial charge in [-0.1, -0.05) is 31.2 Å². The molecule has 0 unspecified atom stereocenters. The first-order valence-electron chi connectivity index (χ1n) is 6.14. The molecule has 0 radical (unpaired) electrons. The van der Waals surface area contributed by atoms with Crippen LogP contribution >= 0.6 is 0 Å². The molecule has 0 amide bonds. The van der Waals surface area contributed by atoms with Gasteiger partial charge in [0.05, 0.1) is 18.0 Å². The molecule has 0 aliphatic carbocycles. The van der Waals surface area contributed by atoms with Crippen molar-refractivity contribution in [1.82, 2.24) is 0 Å². The number of hydrogen-bond donors (Lipinski definition) is 2. The standard InChI is InChI=1S/C15H18N2O/c1-2-11-18-14-10-6-9-13(15(14)16)17-12-7-4-3-5-8-12/h3-10,17H,2,11,16H2,1H3. The fourth-order valence-electron chi connectivity index (χ4n) is 1.67. The third-order valence-electron chi connectivity index (χ3n) is 2.58. The molecule has 2 aromatic rings. The third kappa shape index (κ3) is 2.94. The summed E-state index contributed by atoms with van der Waals surface area (Å²) in [5.41, 5.74) is 8.61. The maximum absolute atomic E-state index is 6.08. The maximum Gasteiger partial charge on any atom is 0.144 e. The minimum Gasteiger partial charge on any atom is -0.491 e. The Morgan fingerprint density at radius 1 is 1.06 bits per heavy atom. The largest absolute Gasteiger partial charge is 0.491 e. The van der Waals surface area contributed by atoms with Gasteiger partial charge >= 0.3 is 0 Å². The van der Waals surface area contributed by atoms with Crippen molar-refractivity contribution in [2.75, 3.05) is 17.7 Å². The number of hydrogen-bond acceptors (Lipinski definition) is 3. The number of nitrogens with two attached hydrogens (primary N) is 1. The van der Waals surface area contributed by atoms with Gasteiger partial charge in [0, 0.05) is 5.69 Å². The van der Waals surface area contributed by atoms with E-state index in [1.165, 1.54) is 0 Å². The molecular weight excluding hydrogens is 224 g/mol. The Morgan fingerprint density at radius 2 is 1.83 bits per heavy atom. The second-order valence-corrected chi connectivity index (χ2v) is 4.06. The highest BCUT2D eigenvalue weighted by molar-refractivity contribution is 5.77. The first-order chi connectivity index (χ1) is 8.81. The summed E-state index contributed by atoms with van der Waals surface area (Å²) in [6.07, 6.45) is 0.968. The predicted octanol–water partition coefficient (Wildman–Crippen LogP) is 3.80. The molecule has 0 aromatic heterocycles. The molecule has 0 atom stereocenters. The minimum atomic E-state index is 0.648. The van der Waals surface area contributed by atoms with Crippen LogP contribution in [0.4, 0.5) is 17.1 Å². The van der Waals surface area contributed by atoms with E-state index in [1.807, 2.05) is 48.5 Å². The Balaban J connectivity index is 2.18. The van der Waals surface area contributed by atoms with Crippen LogP contribution in [0.25, 0.3) is 0 Å². The maximum atomic E-state index is 6.08. The van der Waals surface area contributed by atoms with E-state index in [2.05, 4.69) is 12.2 Å². The van der Waals surface area contributed by atoms with E-state index in [-0.39, 0.29) is 0 Å². The molecule has 3 N–H and O–H groups in total. The summed E-state index contributed by atoms with van der Waals surface area (Å²) >= 11 is 0. The van der Waals surface area contributed by atoms with Crippen molar-refractivity contribution < 1.29 is 4.74 Å². The highest BCUT2D eigenvalue weighted by Crippen LogP contribution is 2.31. The molecule has 18 heavy (non-hydrogen) atoms. The fraction of sp³-hybridized carbons (Fsp3) is 0.200. The van der Waals surface area contributed by atoms with Crippen molar-refractivity contribution in [1.29, 1.82) is 0 Å². The Hall–Kier alpha value is -2.16. The van der Waals surface area contributed by atoms with E-state index in [1.54, 1.807) is 0 Å². The van der Waals surface area contributed by atoms with Crippen LogP contribution in [0.2, 0.25) is 0 Å². The Kier molecular flexibility index (Phi) is 4.07. The SMILES string of the molecule is CCCOc1cccc(Nc2ccccc2)c1N. The van der Waals surface area contributed by atoms with Crippen LogP contribution < -0.4 is 15.8 Å². The number of rotatable bonds is 5. The number of para-hydroxylation sites is 2. The number of nitrogens with one attached hydrogen (secondary N) is 1. The van der Waals surface area contributed by atoms with Crippen molar-refractivity contribution in [3.05, 3.63) is 48.5 Å². The zero-order chi connectivity index (χ0) is 12.8. The molecule has 0 spiro atoms. The zero-order valence-electron chi connectivity index (χ0n) is 10.5. The van der Waals surface area contributed by atoms with Gasteiger partial charge in [-0.25, -0.2) is 0 Å². The van der Waals surface area contributed by atoms with Gasteiger partial charge in [0.15, 0.2) is 0 Å². The lowest BCUT2D eigenvalue weighted by molar-refractivity contribution is 0.319. The lowest BCUT2D eigenvalue weighted by Crippen LogP contribution is -2.02. The zero-order valence-corrected chi connectivity index (χ0v) is 10.5. The lowest BCUT2D eigenvalue weighted by Gasteiger charge is -2.13. The Labute approximate surface area is 108 Å². The molecule has 0 fully saturated rings. The Bertz CT molecular complexity index is 497. The van der Waals surface area contributed by atoms with Gasteiger partial charge in [0.1, 0.15) is 5.75 Å². The van der Waals surface area contributed by atoms with Gasteiger partial charge in [0.25, 0.3) is 0 Å². The molecule has 3 heteroatoms. The van der Waals surface area contributed by atoms with E-state index < -0.39 is 0 Å². The second-order valence-electron chi connectivity index (χ2n) is 4.06. The first kappa shape index (κ1) is 12.3. The average Bonchev–Trinajstić information content (AvgIpc) is 2.41. The Morgan fingerprint density at radius 3 is 2.56 bits per heavy atom. The second kappa shape index (κ2) is 5.96. The third-order valence-corrected chi connectivity index (χ3v) is 2.58. The molecule has 0 aliphatic heterocycles. The normalized spacial score (nSPS) is 10.1. The predicted molar refractivity (Wildman–Crippen MR) is 76.4 cm³/mol. The van der Waals surface area contributed by atoms with Gasteiger partial charge in [0.2, 0.25) is 0 Å². The highest BCUT2D eigenvalue weighted by atomic mass is 16.5. The van der Waals surface area contributed by atoms with Crippen molar-refractivity contribution >= 4 is 17.1 Å². The summed E-state index contributed by atoms with van der Waals surface area (Å²) in [6.45, 7) is 2.75. The monoisotopic (exact) mass is 242 g/mol. The van der Waals surface area contributed by atoms with Crippen molar-refractivity contribution in [3.8, 4) is 5.75 Å². The van der Waals surface area contributed by atoms with Crippen LogP contribution in [0.3, 0.4) is 0 Å². The van der Waals surface area contributed by atoms with Crippen molar-refractivity contribution in [2.24, 2.45) is 0 Å². The van der Waals surface area contributed by atoms with Crippen molar-refractivity contribution in [3.63, 3.8) is 0 Å². The van der Waals surface area contributed by atoms with E-state index in [4.69, 9.17) is 10.5 Å². The van der Waals surface area contributed by atoms with Crippen LogP contribution in [0.1, 0.15) is 13.3 Å². The summed E-state index contributed by atoms with van der Waals surface area (Å²) in [4.78, 5) is 0.